The molecule has 2 aromatic rings. The number of rotatable bonds is 2. The number of carbonyl (C=O) groups is 1. The SMILES string of the molecule is Cc1nn(C)c2sc(C(=O)N(C)C3CCCCC3)c(N)c12. The second-order valence-electron chi connectivity index (χ2n) is 5.94. The van der Waals surface area contributed by atoms with Crippen LogP contribution in [0.4, 0.5) is 5.69 Å². The van der Waals surface area contributed by atoms with Crippen LogP contribution < -0.4 is 5.73 Å². The van der Waals surface area contributed by atoms with Crippen LogP contribution in [-0.2, 0) is 7.05 Å². The molecular weight excluding hydrogens is 284 g/mol. The number of carbonyl (C=O) groups excluding carboxylic acids is 1. The predicted molar refractivity (Wildman–Crippen MR) is 86.7 cm³/mol. The summed E-state index contributed by atoms with van der Waals surface area (Å²) in [5.41, 5.74) is 7.71. The zero-order valence-corrected chi connectivity index (χ0v) is 13.7. The Morgan fingerprint density at radius 2 is 2.05 bits per heavy atom. The van der Waals surface area contributed by atoms with Crippen molar-refractivity contribution in [2.45, 2.75) is 45.1 Å². The van der Waals surface area contributed by atoms with Gasteiger partial charge in [0.1, 0.15) is 9.71 Å². The number of nitrogen functional groups attached to an aromatic ring is 1. The van der Waals surface area contributed by atoms with Crippen LogP contribution in [0.5, 0.6) is 0 Å². The zero-order chi connectivity index (χ0) is 15.1. The molecule has 5 nitrogen and oxygen atoms in total. The van der Waals surface area contributed by atoms with E-state index >= 15 is 0 Å². The molecule has 0 saturated heterocycles. The number of nitrogens with two attached hydrogens (primary N) is 1. The van der Waals surface area contributed by atoms with E-state index in [0.29, 0.717) is 16.6 Å². The van der Waals surface area contributed by atoms with Crippen LogP contribution in [0.15, 0.2) is 0 Å². The Balaban J connectivity index is 1.94. The van der Waals surface area contributed by atoms with E-state index in [0.717, 1.165) is 28.8 Å². The molecule has 0 aliphatic heterocycles. The summed E-state index contributed by atoms with van der Waals surface area (Å²) in [5.74, 6) is 0.0556. The Kier molecular flexibility index (Phi) is 3.65. The highest BCUT2D eigenvalue weighted by atomic mass is 32.1. The number of aryl methyl sites for hydroxylation is 2. The average Bonchev–Trinajstić information content (AvgIpc) is 2.97. The van der Waals surface area contributed by atoms with Gasteiger partial charge in [-0.05, 0) is 19.8 Å². The molecule has 2 aromatic heterocycles. The quantitative estimate of drug-likeness (QED) is 0.928. The van der Waals surface area contributed by atoms with Gasteiger partial charge >= 0.3 is 0 Å². The standard InChI is InChI=1S/C15H22N4OS/c1-9-11-12(16)13(21-15(11)19(3)17-9)14(20)18(2)10-7-5-4-6-8-10/h10H,4-8,16H2,1-3H3. The number of anilines is 1. The monoisotopic (exact) mass is 306 g/mol. The third-order valence-corrected chi connectivity index (χ3v) is 5.78. The molecule has 3 rings (SSSR count). The molecule has 1 saturated carbocycles. The molecule has 6 heteroatoms. The summed E-state index contributed by atoms with van der Waals surface area (Å²) in [4.78, 5) is 16.3. The lowest BCUT2D eigenvalue weighted by atomic mass is 9.94. The van der Waals surface area contributed by atoms with Crippen LogP contribution in [0.25, 0.3) is 10.2 Å². The number of aromatic nitrogens is 2. The number of hydrogen-bond acceptors (Lipinski definition) is 4. The Hall–Kier alpha value is -1.56. The molecule has 0 atom stereocenters. The molecule has 0 radical (unpaired) electrons. The zero-order valence-electron chi connectivity index (χ0n) is 12.8. The fourth-order valence-corrected chi connectivity index (χ4v) is 4.45. The first-order valence-corrected chi connectivity index (χ1v) is 8.31. The summed E-state index contributed by atoms with van der Waals surface area (Å²) < 4.78 is 1.81. The first kappa shape index (κ1) is 14.4. The normalized spacial score (nSPS) is 16.5. The number of amides is 1. The van der Waals surface area contributed by atoms with E-state index in [9.17, 15) is 4.79 Å². The van der Waals surface area contributed by atoms with Gasteiger partial charge in [-0.2, -0.15) is 5.10 Å². The van der Waals surface area contributed by atoms with Crippen LogP contribution in [0, 0.1) is 6.92 Å². The summed E-state index contributed by atoms with van der Waals surface area (Å²) in [6.07, 6.45) is 5.93. The molecule has 1 aliphatic carbocycles. The van der Waals surface area contributed by atoms with E-state index in [2.05, 4.69) is 5.10 Å². The van der Waals surface area contributed by atoms with E-state index in [1.54, 1.807) is 0 Å². The maximum atomic E-state index is 12.8. The summed E-state index contributed by atoms with van der Waals surface area (Å²) >= 11 is 1.46. The Morgan fingerprint density at radius 3 is 2.67 bits per heavy atom. The average molecular weight is 306 g/mol. The third kappa shape index (κ3) is 2.31. The Labute approximate surface area is 128 Å². The van der Waals surface area contributed by atoms with Crippen LogP contribution >= 0.6 is 11.3 Å². The Bertz CT molecular complexity index is 681. The highest BCUT2D eigenvalue weighted by Crippen LogP contribution is 2.36. The minimum Gasteiger partial charge on any atom is -0.397 e. The van der Waals surface area contributed by atoms with Crippen LogP contribution in [0.2, 0.25) is 0 Å². The van der Waals surface area contributed by atoms with Crippen LogP contribution in [0.1, 0.15) is 47.5 Å². The van der Waals surface area contributed by atoms with E-state index in [-0.39, 0.29) is 5.91 Å². The van der Waals surface area contributed by atoms with Crippen molar-refractivity contribution in [1.29, 1.82) is 0 Å². The molecule has 21 heavy (non-hydrogen) atoms. The van der Waals surface area contributed by atoms with Gasteiger partial charge in [-0.3, -0.25) is 9.48 Å². The summed E-state index contributed by atoms with van der Waals surface area (Å²) in [5, 5.41) is 5.30. The van der Waals surface area contributed by atoms with Crippen molar-refractivity contribution in [3.8, 4) is 0 Å². The minimum atomic E-state index is 0.0556. The maximum absolute atomic E-state index is 12.8. The Morgan fingerprint density at radius 1 is 1.38 bits per heavy atom. The molecular formula is C15H22N4OS. The largest absolute Gasteiger partial charge is 0.397 e. The molecule has 0 aromatic carbocycles. The highest BCUT2D eigenvalue weighted by molar-refractivity contribution is 7.21. The van der Waals surface area contributed by atoms with Gasteiger partial charge in [0, 0.05) is 20.1 Å². The van der Waals surface area contributed by atoms with Crippen molar-refractivity contribution in [1.82, 2.24) is 14.7 Å². The van der Waals surface area contributed by atoms with Gasteiger partial charge < -0.3 is 10.6 Å². The summed E-state index contributed by atoms with van der Waals surface area (Å²) in [6, 6.07) is 0.357. The van der Waals surface area contributed by atoms with Gasteiger partial charge in [-0.15, -0.1) is 11.3 Å². The minimum absolute atomic E-state index is 0.0556. The molecule has 1 amide bonds. The number of thiophene rings is 1. The van der Waals surface area contributed by atoms with Gasteiger partial charge in [0.15, 0.2) is 0 Å². The van der Waals surface area contributed by atoms with Gasteiger partial charge in [0.2, 0.25) is 0 Å². The summed E-state index contributed by atoms with van der Waals surface area (Å²) in [7, 11) is 3.80. The van der Waals surface area contributed by atoms with E-state index in [4.69, 9.17) is 5.73 Å². The van der Waals surface area contributed by atoms with E-state index in [1.807, 2.05) is 30.6 Å². The van der Waals surface area contributed by atoms with Crippen molar-refractivity contribution in [2.24, 2.45) is 7.05 Å². The van der Waals surface area contributed by atoms with Crippen molar-refractivity contribution in [2.75, 3.05) is 12.8 Å². The fraction of sp³-hybridized carbons (Fsp3) is 0.600. The number of nitrogens with zero attached hydrogens (tertiary/aromatic N) is 3. The third-order valence-electron chi connectivity index (χ3n) is 4.52. The maximum Gasteiger partial charge on any atom is 0.266 e. The lowest BCUT2D eigenvalue weighted by Gasteiger charge is -2.31. The van der Waals surface area contributed by atoms with Crippen LogP contribution in [-0.4, -0.2) is 33.7 Å². The lowest BCUT2D eigenvalue weighted by molar-refractivity contribution is 0.0702. The molecule has 0 bridgehead atoms. The first-order valence-electron chi connectivity index (χ1n) is 7.49. The van der Waals surface area contributed by atoms with Crippen molar-refractivity contribution in [3.63, 3.8) is 0 Å². The lowest BCUT2D eigenvalue weighted by Crippen LogP contribution is -2.38. The number of hydrogen-bond donors (Lipinski definition) is 1. The van der Waals surface area contributed by atoms with Gasteiger partial charge in [-0.25, -0.2) is 0 Å². The fourth-order valence-electron chi connectivity index (χ4n) is 3.28. The second-order valence-corrected chi connectivity index (χ2v) is 6.94. The topological polar surface area (TPSA) is 64.2 Å². The smallest absolute Gasteiger partial charge is 0.266 e. The molecule has 2 heterocycles. The van der Waals surface area contributed by atoms with E-state index < -0.39 is 0 Å². The van der Waals surface area contributed by atoms with Crippen molar-refractivity contribution < 1.29 is 4.79 Å². The van der Waals surface area contributed by atoms with Gasteiger partial charge in [-0.1, -0.05) is 19.3 Å². The van der Waals surface area contributed by atoms with Crippen LogP contribution in [0.3, 0.4) is 0 Å². The van der Waals surface area contributed by atoms with Gasteiger partial charge in [0.25, 0.3) is 5.91 Å². The van der Waals surface area contributed by atoms with Gasteiger partial charge in [0.05, 0.1) is 16.8 Å². The van der Waals surface area contributed by atoms with Crippen molar-refractivity contribution in [3.05, 3.63) is 10.6 Å². The summed E-state index contributed by atoms with van der Waals surface area (Å²) in [6.45, 7) is 1.94. The molecule has 0 spiro atoms. The first-order chi connectivity index (χ1) is 10.0. The molecule has 114 valence electrons. The van der Waals surface area contributed by atoms with E-state index in [1.165, 1.54) is 30.6 Å². The highest BCUT2D eigenvalue weighted by Gasteiger charge is 2.27. The second kappa shape index (κ2) is 5.33. The predicted octanol–water partition coefficient (Wildman–Crippen LogP) is 2.93. The molecule has 2 N–H and O–H groups in total. The van der Waals surface area contributed by atoms with Crippen molar-refractivity contribution >= 4 is 33.1 Å². The molecule has 1 fully saturated rings. The molecule has 1 aliphatic rings. The molecule has 0 unspecified atom stereocenters. The number of fused-ring (bicyclic) bond motifs is 1.